The summed E-state index contributed by atoms with van der Waals surface area (Å²) in [4.78, 5) is 12.8. The Hall–Kier alpha value is -1.59. The second-order valence-electron chi connectivity index (χ2n) is 5.46. The van der Waals surface area contributed by atoms with E-state index in [1.165, 1.54) is 25.7 Å². The molecule has 6 nitrogen and oxygen atoms in total. The molecule has 0 radical (unpaired) electrons. The first-order valence-electron chi connectivity index (χ1n) is 7.49. The highest BCUT2D eigenvalue weighted by Gasteiger charge is 2.34. The standard InChI is InChI=1S/C14H25N5O/c1-4-9-15-11-17-12(19-13(18-11)20-3)16-10-14(5-2)7-6-8-14/h4-10H2,1-3H3,(H2,15,16,17,18,19). The van der Waals surface area contributed by atoms with Gasteiger partial charge in [-0.1, -0.05) is 20.3 Å². The number of aromatic nitrogens is 3. The van der Waals surface area contributed by atoms with E-state index in [1.807, 2.05) is 0 Å². The van der Waals surface area contributed by atoms with E-state index in [9.17, 15) is 0 Å². The maximum atomic E-state index is 5.13. The molecule has 0 amide bonds. The van der Waals surface area contributed by atoms with E-state index in [2.05, 4.69) is 39.4 Å². The number of ether oxygens (including phenoxy) is 1. The first-order chi connectivity index (χ1) is 9.71. The van der Waals surface area contributed by atoms with Crippen LogP contribution in [0.15, 0.2) is 0 Å². The number of hydrogen-bond donors (Lipinski definition) is 2. The molecular formula is C14H25N5O. The largest absolute Gasteiger partial charge is 0.467 e. The third kappa shape index (κ3) is 3.49. The minimum Gasteiger partial charge on any atom is -0.467 e. The summed E-state index contributed by atoms with van der Waals surface area (Å²) in [5.74, 6) is 1.16. The Balaban J connectivity index is 2.02. The molecule has 0 unspecified atom stereocenters. The van der Waals surface area contributed by atoms with E-state index >= 15 is 0 Å². The highest BCUT2D eigenvalue weighted by molar-refractivity contribution is 5.36. The predicted molar refractivity (Wildman–Crippen MR) is 80.2 cm³/mol. The Morgan fingerprint density at radius 3 is 2.30 bits per heavy atom. The molecule has 0 saturated heterocycles. The van der Waals surface area contributed by atoms with Crippen LogP contribution in [-0.4, -0.2) is 35.2 Å². The van der Waals surface area contributed by atoms with Gasteiger partial charge in [-0.2, -0.15) is 15.0 Å². The van der Waals surface area contributed by atoms with Gasteiger partial charge in [0.05, 0.1) is 7.11 Å². The molecule has 0 atom stereocenters. The Labute approximate surface area is 120 Å². The smallest absolute Gasteiger partial charge is 0.322 e. The fraction of sp³-hybridized carbons (Fsp3) is 0.786. The van der Waals surface area contributed by atoms with Crippen LogP contribution in [0, 0.1) is 5.41 Å². The Morgan fingerprint density at radius 2 is 1.80 bits per heavy atom. The number of hydrogen-bond acceptors (Lipinski definition) is 6. The van der Waals surface area contributed by atoms with E-state index in [1.54, 1.807) is 7.11 Å². The third-order valence-electron chi connectivity index (χ3n) is 4.12. The maximum Gasteiger partial charge on any atom is 0.322 e. The van der Waals surface area contributed by atoms with Gasteiger partial charge in [-0.3, -0.25) is 0 Å². The van der Waals surface area contributed by atoms with Crippen LogP contribution in [-0.2, 0) is 0 Å². The normalized spacial score (nSPS) is 16.4. The van der Waals surface area contributed by atoms with Crippen molar-refractivity contribution in [2.24, 2.45) is 5.41 Å². The molecule has 1 aliphatic carbocycles. The monoisotopic (exact) mass is 279 g/mol. The highest BCUT2D eigenvalue weighted by Crippen LogP contribution is 2.43. The van der Waals surface area contributed by atoms with E-state index in [0.29, 0.717) is 23.3 Å². The van der Waals surface area contributed by atoms with Gasteiger partial charge >= 0.3 is 6.01 Å². The molecule has 1 aromatic heterocycles. The van der Waals surface area contributed by atoms with E-state index in [4.69, 9.17) is 4.74 Å². The average molecular weight is 279 g/mol. The highest BCUT2D eigenvalue weighted by atomic mass is 16.5. The molecule has 1 aliphatic rings. The topological polar surface area (TPSA) is 72.0 Å². The van der Waals surface area contributed by atoms with Gasteiger partial charge in [-0.05, 0) is 31.1 Å². The van der Waals surface area contributed by atoms with Gasteiger partial charge in [-0.25, -0.2) is 0 Å². The molecule has 2 rings (SSSR count). The third-order valence-corrected chi connectivity index (χ3v) is 4.12. The van der Waals surface area contributed by atoms with Crippen molar-refractivity contribution < 1.29 is 4.74 Å². The van der Waals surface area contributed by atoms with Crippen LogP contribution in [0.3, 0.4) is 0 Å². The molecule has 1 fully saturated rings. The van der Waals surface area contributed by atoms with Crippen LogP contribution in [0.1, 0.15) is 46.0 Å². The summed E-state index contributed by atoms with van der Waals surface area (Å²) in [6.45, 7) is 6.12. The van der Waals surface area contributed by atoms with Gasteiger partial charge in [0.1, 0.15) is 0 Å². The second kappa shape index (κ2) is 6.72. The summed E-state index contributed by atoms with van der Waals surface area (Å²) >= 11 is 0. The van der Waals surface area contributed by atoms with Gasteiger partial charge in [0, 0.05) is 13.1 Å². The zero-order valence-corrected chi connectivity index (χ0v) is 12.7. The second-order valence-corrected chi connectivity index (χ2v) is 5.46. The van der Waals surface area contributed by atoms with Gasteiger partial charge in [0.15, 0.2) is 0 Å². The Kier molecular flexibility index (Phi) is 4.98. The van der Waals surface area contributed by atoms with Gasteiger partial charge < -0.3 is 15.4 Å². The van der Waals surface area contributed by atoms with Crippen LogP contribution in [0.2, 0.25) is 0 Å². The molecule has 0 aromatic carbocycles. The molecule has 1 heterocycles. The number of methoxy groups -OCH3 is 1. The number of rotatable bonds is 8. The molecular weight excluding hydrogens is 254 g/mol. The van der Waals surface area contributed by atoms with Gasteiger partial charge in [-0.15, -0.1) is 0 Å². The summed E-state index contributed by atoms with van der Waals surface area (Å²) in [5, 5.41) is 6.51. The zero-order valence-electron chi connectivity index (χ0n) is 12.7. The fourth-order valence-corrected chi connectivity index (χ4v) is 2.44. The summed E-state index contributed by atoms with van der Waals surface area (Å²) in [6.07, 6.45) is 6.14. The van der Waals surface area contributed by atoms with Crippen LogP contribution in [0.4, 0.5) is 11.9 Å². The van der Waals surface area contributed by atoms with Crippen molar-refractivity contribution in [2.45, 2.75) is 46.0 Å². The van der Waals surface area contributed by atoms with Crippen molar-refractivity contribution in [3.63, 3.8) is 0 Å². The molecule has 2 N–H and O–H groups in total. The average Bonchev–Trinajstić information content (AvgIpc) is 2.44. The van der Waals surface area contributed by atoms with E-state index in [0.717, 1.165) is 19.5 Å². The Bertz CT molecular complexity index is 428. The predicted octanol–water partition coefficient (Wildman–Crippen LogP) is 2.69. The van der Waals surface area contributed by atoms with Crippen molar-refractivity contribution in [1.82, 2.24) is 15.0 Å². The van der Waals surface area contributed by atoms with Crippen molar-refractivity contribution in [3.05, 3.63) is 0 Å². The summed E-state index contributed by atoms with van der Waals surface area (Å²) in [6, 6.07) is 0.347. The number of nitrogens with zero attached hydrogens (tertiary/aromatic N) is 3. The van der Waals surface area contributed by atoms with Crippen molar-refractivity contribution in [2.75, 3.05) is 30.8 Å². The molecule has 0 bridgehead atoms. The van der Waals surface area contributed by atoms with E-state index < -0.39 is 0 Å². The lowest BCUT2D eigenvalue weighted by atomic mass is 9.67. The van der Waals surface area contributed by atoms with Gasteiger partial charge in [0.25, 0.3) is 0 Å². The van der Waals surface area contributed by atoms with Crippen molar-refractivity contribution in [1.29, 1.82) is 0 Å². The fourth-order valence-electron chi connectivity index (χ4n) is 2.44. The van der Waals surface area contributed by atoms with Crippen molar-refractivity contribution >= 4 is 11.9 Å². The van der Waals surface area contributed by atoms with Gasteiger partial charge in [0.2, 0.25) is 11.9 Å². The first kappa shape index (κ1) is 14.8. The lowest BCUT2D eigenvalue weighted by Crippen LogP contribution is -2.36. The lowest BCUT2D eigenvalue weighted by molar-refractivity contribution is 0.144. The molecule has 112 valence electrons. The number of nitrogens with one attached hydrogen (secondary N) is 2. The zero-order chi connectivity index (χ0) is 14.4. The summed E-state index contributed by atoms with van der Waals surface area (Å²) in [7, 11) is 1.57. The molecule has 1 saturated carbocycles. The SMILES string of the molecule is CCCNc1nc(NCC2(CC)CCC2)nc(OC)n1. The molecule has 20 heavy (non-hydrogen) atoms. The number of anilines is 2. The summed E-state index contributed by atoms with van der Waals surface area (Å²) < 4.78 is 5.13. The first-order valence-corrected chi connectivity index (χ1v) is 7.49. The van der Waals surface area contributed by atoms with Crippen LogP contribution in [0.5, 0.6) is 6.01 Å². The molecule has 6 heteroatoms. The maximum absolute atomic E-state index is 5.13. The minimum atomic E-state index is 0.347. The van der Waals surface area contributed by atoms with Crippen molar-refractivity contribution in [3.8, 4) is 6.01 Å². The lowest BCUT2D eigenvalue weighted by Gasteiger charge is -2.41. The summed E-state index contributed by atoms with van der Waals surface area (Å²) in [5.41, 5.74) is 0.427. The van der Waals surface area contributed by atoms with Crippen LogP contribution >= 0.6 is 0 Å². The van der Waals surface area contributed by atoms with Crippen LogP contribution in [0.25, 0.3) is 0 Å². The Morgan fingerprint density at radius 1 is 1.10 bits per heavy atom. The molecule has 1 aromatic rings. The molecule has 0 spiro atoms. The van der Waals surface area contributed by atoms with E-state index in [-0.39, 0.29) is 0 Å². The molecule has 0 aliphatic heterocycles. The minimum absolute atomic E-state index is 0.347. The quantitative estimate of drug-likeness (QED) is 0.762. The van der Waals surface area contributed by atoms with Crippen LogP contribution < -0.4 is 15.4 Å².